The minimum Gasteiger partial charge on any atom is -0.391 e. The summed E-state index contributed by atoms with van der Waals surface area (Å²) in [6.45, 7) is 3.01. The predicted molar refractivity (Wildman–Crippen MR) is 66.7 cm³/mol. The van der Waals surface area contributed by atoms with Crippen molar-refractivity contribution < 1.29 is 10.0 Å². The molecule has 1 aliphatic heterocycles. The Morgan fingerprint density at radius 2 is 2.33 bits per heavy atom. The molecule has 0 unspecified atom stereocenters. The van der Waals surface area contributed by atoms with Crippen LogP contribution >= 0.6 is 0 Å². The standard InChI is InChI=1S/C11H18N4O3/c1-3-9-10(15(17)18)11(13(2)12-9)14-6-4-5-8(16)7-14/h8,16H,3-7H2,1-2H3/t8-/m0/s1. The smallest absolute Gasteiger partial charge is 0.334 e. The zero-order valence-corrected chi connectivity index (χ0v) is 10.7. The number of nitro groups is 1. The first-order chi connectivity index (χ1) is 8.54. The highest BCUT2D eigenvalue weighted by Gasteiger charge is 2.31. The molecule has 0 saturated carbocycles. The van der Waals surface area contributed by atoms with Gasteiger partial charge >= 0.3 is 5.69 Å². The lowest BCUT2D eigenvalue weighted by Crippen LogP contribution is -2.39. The molecule has 1 fully saturated rings. The zero-order chi connectivity index (χ0) is 13.3. The third-order valence-electron chi connectivity index (χ3n) is 3.28. The molecule has 2 heterocycles. The van der Waals surface area contributed by atoms with E-state index in [1.54, 1.807) is 11.7 Å². The Morgan fingerprint density at radius 3 is 2.89 bits per heavy atom. The number of anilines is 1. The lowest BCUT2D eigenvalue weighted by Gasteiger charge is -2.30. The van der Waals surface area contributed by atoms with E-state index in [1.165, 1.54) is 0 Å². The van der Waals surface area contributed by atoms with E-state index in [9.17, 15) is 15.2 Å². The summed E-state index contributed by atoms with van der Waals surface area (Å²) in [5.41, 5.74) is 0.576. The summed E-state index contributed by atoms with van der Waals surface area (Å²) in [7, 11) is 1.71. The summed E-state index contributed by atoms with van der Waals surface area (Å²) in [5, 5.41) is 25.1. The molecule has 1 atom stereocenters. The molecule has 0 bridgehead atoms. The summed E-state index contributed by atoms with van der Waals surface area (Å²) in [4.78, 5) is 12.7. The van der Waals surface area contributed by atoms with Gasteiger partial charge in [-0.15, -0.1) is 0 Å². The van der Waals surface area contributed by atoms with Crippen LogP contribution < -0.4 is 4.90 Å². The van der Waals surface area contributed by atoms with Crippen molar-refractivity contribution in [2.24, 2.45) is 7.05 Å². The Bertz CT molecular complexity index is 457. The second kappa shape index (κ2) is 4.93. The highest BCUT2D eigenvalue weighted by atomic mass is 16.6. The molecule has 1 aliphatic rings. The number of hydrogen-bond acceptors (Lipinski definition) is 5. The van der Waals surface area contributed by atoms with Crippen molar-refractivity contribution >= 4 is 11.5 Å². The number of β-amino-alcohol motifs (C(OH)–C–C–N with tert-alkyl or cyclic N) is 1. The number of nitrogens with zero attached hydrogens (tertiary/aromatic N) is 4. The van der Waals surface area contributed by atoms with Gasteiger partial charge in [0.25, 0.3) is 0 Å². The first kappa shape index (κ1) is 12.8. The van der Waals surface area contributed by atoms with Crippen LogP contribution in [0.4, 0.5) is 11.5 Å². The van der Waals surface area contributed by atoms with Crippen LogP contribution in [0, 0.1) is 10.1 Å². The molecule has 1 aromatic rings. The van der Waals surface area contributed by atoms with Gasteiger partial charge in [-0.05, 0) is 19.3 Å². The average Bonchev–Trinajstić information content (AvgIpc) is 2.66. The number of aryl methyl sites for hydroxylation is 2. The van der Waals surface area contributed by atoms with Gasteiger partial charge in [0.15, 0.2) is 0 Å². The van der Waals surface area contributed by atoms with Gasteiger partial charge in [-0.2, -0.15) is 5.10 Å². The minimum atomic E-state index is -0.418. The lowest BCUT2D eigenvalue weighted by atomic mass is 10.1. The first-order valence-corrected chi connectivity index (χ1v) is 6.17. The SMILES string of the molecule is CCc1nn(C)c(N2CCC[C@H](O)C2)c1[N+](=O)[O-]. The highest BCUT2D eigenvalue weighted by Crippen LogP contribution is 2.33. The van der Waals surface area contributed by atoms with Crippen molar-refractivity contribution in [1.82, 2.24) is 9.78 Å². The molecule has 0 spiro atoms. The number of aliphatic hydroxyl groups excluding tert-OH is 1. The van der Waals surface area contributed by atoms with Crippen molar-refractivity contribution in [1.29, 1.82) is 0 Å². The van der Waals surface area contributed by atoms with E-state index in [4.69, 9.17) is 0 Å². The molecule has 7 nitrogen and oxygen atoms in total. The van der Waals surface area contributed by atoms with E-state index in [-0.39, 0.29) is 10.6 Å². The third kappa shape index (κ3) is 2.17. The maximum Gasteiger partial charge on any atom is 0.334 e. The van der Waals surface area contributed by atoms with Crippen LogP contribution in [0.5, 0.6) is 0 Å². The molecule has 100 valence electrons. The van der Waals surface area contributed by atoms with Crippen molar-refractivity contribution in [3.05, 3.63) is 15.8 Å². The highest BCUT2D eigenvalue weighted by molar-refractivity contribution is 5.61. The van der Waals surface area contributed by atoms with Crippen LogP contribution in [0.3, 0.4) is 0 Å². The number of aromatic nitrogens is 2. The van der Waals surface area contributed by atoms with Gasteiger partial charge in [0.1, 0.15) is 5.69 Å². The molecule has 0 aromatic carbocycles. The fourth-order valence-electron chi connectivity index (χ4n) is 2.48. The minimum absolute atomic E-state index is 0.0779. The molecule has 1 aromatic heterocycles. The summed E-state index contributed by atoms with van der Waals surface area (Å²) in [5.74, 6) is 0.510. The topological polar surface area (TPSA) is 84.4 Å². The Hall–Kier alpha value is -1.63. The van der Waals surface area contributed by atoms with Crippen molar-refractivity contribution in [3.63, 3.8) is 0 Å². The van der Waals surface area contributed by atoms with Gasteiger partial charge in [-0.3, -0.25) is 10.1 Å². The fourth-order valence-corrected chi connectivity index (χ4v) is 2.48. The normalized spacial score (nSPS) is 20.2. The fraction of sp³-hybridized carbons (Fsp3) is 0.727. The van der Waals surface area contributed by atoms with Crippen molar-refractivity contribution in [2.75, 3.05) is 18.0 Å². The number of hydrogen-bond donors (Lipinski definition) is 1. The molecule has 0 aliphatic carbocycles. The Kier molecular flexibility index (Phi) is 3.51. The van der Waals surface area contributed by atoms with Gasteiger partial charge in [0.2, 0.25) is 5.82 Å². The molecule has 2 rings (SSSR count). The van der Waals surface area contributed by atoms with E-state index >= 15 is 0 Å². The summed E-state index contributed by atoms with van der Waals surface area (Å²) in [6, 6.07) is 0. The van der Waals surface area contributed by atoms with Crippen LogP contribution in [0.15, 0.2) is 0 Å². The predicted octanol–water partition coefficient (Wildman–Crippen LogP) is 0.852. The summed E-state index contributed by atoms with van der Waals surface area (Å²) < 4.78 is 1.55. The molecule has 7 heteroatoms. The second-order valence-corrected chi connectivity index (χ2v) is 4.60. The summed E-state index contributed by atoms with van der Waals surface area (Å²) in [6.07, 6.45) is 1.70. The molecular weight excluding hydrogens is 236 g/mol. The maximum absolute atomic E-state index is 11.2. The van der Waals surface area contributed by atoms with E-state index in [0.717, 1.165) is 19.4 Å². The molecular formula is C11H18N4O3. The van der Waals surface area contributed by atoms with E-state index in [1.807, 2.05) is 11.8 Å². The van der Waals surface area contributed by atoms with Crippen molar-refractivity contribution in [2.45, 2.75) is 32.3 Å². The Balaban J connectivity index is 2.42. The van der Waals surface area contributed by atoms with E-state index in [2.05, 4.69) is 5.10 Å². The Labute approximate surface area is 105 Å². The van der Waals surface area contributed by atoms with Crippen LogP contribution in [0.2, 0.25) is 0 Å². The number of rotatable bonds is 3. The van der Waals surface area contributed by atoms with Gasteiger partial charge < -0.3 is 10.0 Å². The van der Waals surface area contributed by atoms with Crippen LogP contribution in [-0.4, -0.2) is 39.0 Å². The molecule has 0 radical (unpaired) electrons. The quantitative estimate of drug-likeness (QED) is 0.638. The maximum atomic E-state index is 11.2. The first-order valence-electron chi connectivity index (χ1n) is 6.17. The van der Waals surface area contributed by atoms with Gasteiger partial charge in [0, 0.05) is 20.1 Å². The second-order valence-electron chi connectivity index (χ2n) is 4.60. The van der Waals surface area contributed by atoms with Crippen LogP contribution in [0.25, 0.3) is 0 Å². The third-order valence-corrected chi connectivity index (χ3v) is 3.28. The molecule has 1 N–H and O–H groups in total. The van der Waals surface area contributed by atoms with Crippen LogP contribution in [-0.2, 0) is 13.5 Å². The van der Waals surface area contributed by atoms with Crippen LogP contribution in [0.1, 0.15) is 25.5 Å². The van der Waals surface area contributed by atoms with E-state index in [0.29, 0.717) is 24.5 Å². The van der Waals surface area contributed by atoms with Gasteiger partial charge in [0.05, 0.1) is 11.0 Å². The van der Waals surface area contributed by atoms with Gasteiger partial charge in [-0.1, -0.05) is 6.92 Å². The van der Waals surface area contributed by atoms with Gasteiger partial charge in [-0.25, -0.2) is 4.68 Å². The largest absolute Gasteiger partial charge is 0.391 e. The molecule has 1 saturated heterocycles. The Morgan fingerprint density at radius 1 is 1.61 bits per heavy atom. The lowest BCUT2D eigenvalue weighted by molar-refractivity contribution is -0.384. The average molecular weight is 254 g/mol. The molecule has 18 heavy (non-hydrogen) atoms. The monoisotopic (exact) mass is 254 g/mol. The molecule has 0 amide bonds. The summed E-state index contributed by atoms with van der Waals surface area (Å²) >= 11 is 0. The zero-order valence-electron chi connectivity index (χ0n) is 10.7. The number of aliphatic hydroxyl groups is 1. The van der Waals surface area contributed by atoms with Crippen molar-refractivity contribution in [3.8, 4) is 0 Å². The number of piperidine rings is 1. The van der Waals surface area contributed by atoms with E-state index < -0.39 is 6.10 Å².